The first-order chi connectivity index (χ1) is 8.89. The molecule has 1 atom stereocenters. The molecule has 1 unspecified atom stereocenters. The Hall–Kier alpha value is -0.426. The van der Waals surface area contributed by atoms with Crippen molar-refractivity contribution in [3.8, 4) is 0 Å². The molecule has 2 rings (SSSR count). The lowest BCUT2D eigenvalue weighted by atomic mass is 9.99. The van der Waals surface area contributed by atoms with Gasteiger partial charge in [-0.05, 0) is 50.0 Å². The van der Waals surface area contributed by atoms with Gasteiger partial charge in [-0.25, -0.2) is 0 Å². The lowest BCUT2D eigenvalue weighted by Gasteiger charge is -2.34. The normalized spacial score (nSPS) is 24.6. The van der Waals surface area contributed by atoms with Crippen LogP contribution in [0.2, 0.25) is 19.6 Å². The topological polar surface area (TPSA) is 18.5 Å². The van der Waals surface area contributed by atoms with Gasteiger partial charge in [-0.3, -0.25) is 0 Å². The lowest BCUT2D eigenvalue weighted by molar-refractivity contribution is -0.0210. The van der Waals surface area contributed by atoms with E-state index < -0.39 is 8.32 Å². The molecule has 1 aromatic rings. The molecule has 19 heavy (non-hydrogen) atoms. The summed E-state index contributed by atoms with van der Waals surface area (Å²) in [6.07, 6.45) is 3.69. The first-order valence-electron chi connectivity index (χ1n) is 7.26. The van der Waals surface area contributed by atoms with Crippen molar-refractivity contribution in [2.75, 3.05) is 6.61 Å². The summed E-state index contributed by atoms with van der Waals surface area (Å²) >= 11 is 0. The number of ether oxygens (including phenoxy) is 1. The Labute approximate surface area is 121 Å². The fourth-order valence-corrected chi connectivity index (χ4v) is 3.91. The number of hydrogen-bond donors (Lipinski definition) is 0. The number of rotatable bonds is 4. The highest BCUT2D eigenvalue weighted by atomic mass is 28.4. The van der Waals surface area contributed by atoms with Gasteiger partial charge in [0, 0.05) is 16.8 Å². The van der Waals surface area contributed by atoms with Crippen LogP contribution in [-0.2, 0) is 21.0 Å². The van der Waals surface area contributed by atoms with Crippen LogP contribution in [0.3, 0.4) is 0 Å². The van der Waals surface area contributed by atoms with Crippen molar-refractivity contribution in [3.63, 3.8) is 0 Å². The van der Waals surface area contributed by atoms with Crippen molar-refractivity contribution in [1.82, 2.24) is 0 Å². The Morgan fingerprint density at radius 1 is 1.21 bits per heavy atom. The molecule has 0 saturated carbocycles. The van der Waals surface area contributed by atoms with E-state index in [9.17, 15) is 0 Å². The Balaban J connectivity index is 2.01. The van der Waals surface area contributed by atoms with Gasteiger partial charge < -0.3 is 9.16 Å². The van der Waals surface area contributed by atoms with E-state index in [-0.39, 0.29) is 5.22 Å². The van der Waals surface area contributed by atoms with E-state index in [4.69, 9.17) is 9.16 Å². The van der Waals surface area contributed by atoms with E-state index in [0.717, 1.165) is 23.5 Å². The molecule has 2 nitrogen and oxygen atoms in total. The molecule has 1 heterocycles. The molecule has 0 aromatic heterocycles. The monoisotopic (exact) mass is 294 g/mol. The van der Waals surface area contributed by atoms with Crippen LogP contribution < -0.4 is 0 Å². The zero-order chi connectivity index (χ0) is 13.9. The van der Waals surface area contributed by atoms with Crippen molar-refractivity contribution in [1.29, 1.82) is 0 Å². The van der Waals surface area contributed by atoms with Crippen molar-refractivity contribution >= 4 is 18.6 Å². The summed E-state index contributed by atoms with van der Waals surface area (Å²) in [6, 6.07) is 8.88. The standard InChI is InChI=1S/C15H26O2Si2/c1-19(2,3)17-12-13-6-8-14(9-7-13)15(18)10-4-5-11-16-15/h6-9H,4-5,10-12H2,1-3,18H3. The Morgan fingerprint density at radius 3 is 2.42 bits per heavy atom. The van der Waals surface area contributed by atoms with Gasteiger partial charge >= 0.3 is 0 Å². The second-order valence-corrected chi connectivity index (χ2v) is 12.8. The number of hydrogen-bond acceptors (Lipinski definition) is 2. The van der Waals surface area contributed by atoms with Gasteiger partial charge in [0.25, 0.3) is 0 Å². The fourth-order valence-electron chi connectivity index (χ4n) is 2.42. The number of benzene rings is 1. The summed E-state index contributed by atoms with van der Waals surface area (Å²) in [4.78, 5) is 0. The Morgan fingerprint density at radius 2 is 1.89 bits per heavy atom. The zero-order valence-electron chi connectivity index (χ0n) is 12.7. The average molecular weight is 295 g/mol. The third kappa shape index (κ3) is 4.28. The molecule has 1 saturated heterocycles. The van der Waals surface area contributed by atoms with Crippen LogP contribution in [0, 0.1) is 0 Å². The molecule has 1 aliphatic rings. The SMILES string of the molecule is C[Si](C)(C)OCc1ccc(C2([SiH3])CCCCO2)cc1. The maximum atomic E-state index is 6.04. The predicted octanol–water partition coefficient (Wildman–Crippen LogP) is 2.76. The molecular weight excluding hydrogens is 268 g/mol. The summed E-state index contributed by atoms with van der Waals surface area (Å²) < 4.78 is 12.0. The van der Waals surface area contributed by atoms with Crippen LogP contribution in [0.5, 0.6) is 0 Å². The van der Waals surface area contributed by atoms with Crippen LogP contribution in [0.1, 0.15) is 30.4 Å². The van der Waals surface area contributed by atoms with E-state index >= 15 is 0 Å². The van der Waals surface area contributed by atoms with Gasteiger partial charge in [-0.15, -0.1) is 0 Å². The van der Waals surface area contributed by atoms with Crippen molar-refractivity contribution < 1.29 is 9.16 Å². The minimum absolute atomic E-state index is 0.0520. The molecule has 1 aromatic carbocycles. The van der Waals surface area contributed by atoms with Gasteiger partial charge in [-0.1, -0.05) is 24.3 Å². The molecule has 106 valence electrons. The van der Waals surface area contributed by atoms with E-state index in [1.54, 1.807) is 0 Å². The molecule has 4 heteroatoms. The maximum absolute atomic E-state index is 6.04. The zero-order valence-corrected chi connectivity index (χ0v) is 15.7. The summed E-state index contributed by atoms with van der Waals surface area (Å²) in [5.41, 5.74) is 2.63. The van der Waals surface area contributed by atoms with Gasteiger partial charge in [0.1, 0.15) is 0 Å². The second-order valence-electron chi connectivity index (χ2n) is 6.63. The van der Waals surface area contributed by atoms with Gasteiger partial charge in [-0.2, -0.15) is 0 Å². The highest BCUT2D eigenvalue weighted by Crippen LogP contribution is 2.32. The van der Waals surface area contributed by atoms with Crippen LogP contribution in [0.15, 0.2) is 24.3 Å². The summed E-state index contributed by atoms with van der Waals surface area (Å²) in [6.45, 7) is 8.34. The highest BCUT2D eigenvalue weighted by Gasteiger charge is 2.29. The third-order valence-electron chi connectivity index (χ3n) is 3.71. The van der Waals surface area contributed by atoms with Gasteiger partial charge in [0.15, 0.2) is 8.32 Å². The molecule has 1 fully saturated rings. The fraction of sp³-hybridized carbons (Fsp3) is 0.600. The predicted molar refractivity (Wildman–Crippen MR) is 86.0 cm³/mol. The highest BCUT2D eigenvalue weighted by molar-refractivity contribution is 6.69. The van der Waals surface area contributed by atoms with Crippen LogP contribution in [0.4, 0.5) is 0 Å². The minimum atomic E-state index is -1.42. The molecule has 0 spiro atoms. The summed E-state index contributed by atoms with van der Waals surface area (Å²) in [7, 11) is -0.355. The minimum Gasteiger partial charge on any atom is -0.413 e. The van der Waals surface area contributed by atoms with Crippen LogP contribution in [0.25, 0.3) is 0 Å². The smallest absolute Gasteiger partial charge is 0.184 e. The van der Waals surface area contributed by atoms with Gasteiger partial charge in [0.05, 0.1) is 11.8 Å². The van der Waals surface area contributed by atoms with Gasteiger partial charge in [0.2, 0.25) is 0 Å². The van der Waals surface area contributed by atoms with E-state index in [1.807, 2.05) is 0 Å². The van der Waals surface area contributed by atoms with E-state index in [1.165, 1.54) is 30.4 Å². The van der Waals surface area contributed by atoms with Crippen molar-refractivity contribution in [2.45, 2.75) is 50.7 Å². The Bertz CT molecular complexity index is 403. The summed E-state index contributed by atoms with van der Waals surface area (Å²) in [5, 5.41) is 0.0520. The first-order valence-corrected chi connectivity index (χ1v) is 11.7. The second kappa shape index (κ2) is 5.91. The van der Waals surface area contributed by atoms with Crippen LogP contribution in [-0.4, -0.2) is 25.2 Å². The van der Waals surface area contributed by atoms with Crippen molar-refractivity contribution in [3.05, 3.63) is 35.4 Å². The summed E-state index contributed by atoms with van der Waals surface area (Å²) in [5.74, 6) is 0. The van der Waals surface area contributed by atoms with Crippen LogP contribution >= 0.6 is 0 Å². The van der Waals surface area contributed by atoms with Crippen molar-refractivity contribution in [2.24, 2.45) is 0 Å². The lowest BCUT2D eigenvalue weighted by Crippen LogP contribution is -2.33. The molecule has 0 N–H and O–H groups in total. The van der Waals surface area contributed by atoms with E-state index in [0.29, 0.717) is 0 Å². The molecule has 1 aliphatic heterocycles. The molecule has 0 bridgehead atoms. The molecule has 0 amide bonds. The molecule has 0 aliphatic carbocycles. The molecular formula is C15H26O2Si2. The Kier molecular flexibility index (Phi) is 4.66. The first kappa shape index (κ1) is 15.0. The third-order valence-corrected chi connectivity index (χ3v) is 6.08. The molecule has 0 radical (unpaired) electrons. The average Bonchev–Trinajstić information content (AvgIpc) is 2.37. The quantitative estimate of drug-likeness (QED) is 0.795. The maximum Gasteiger partial charge on any atom is 0.184 e. The largest absolute Gasteiger partial charge is 0.413 e. The van der Waals surface area contributed by atoms with E-state index in [2.05, 4.69) is 43.9 Å².